The highest BCUT2D eigenvalue weighted by Gasteiger charge is 2.15. The van der Waals surface area contributed by atoms with Crippen molar-refractivity contribution in [1.82, 2.24) is 0 Å². The summed E-state index contributed by atoms with van der Waals surface area (Å²) in [6.45, 7) is 0.182. The molecule has 0 aromatic heterocycles. The second-order valence-corrected chi connectivity index (χ2v) is 3.97. The zero-order valence-corrected chi connectivity index (χ0v) is 9.84. The molecule has 0 spiro atoms. The van der Waals surface area contributed by atoms with Crippen LogP contribution in [0.15, 0.2) is 36.4 Å². The van der Waals surface area contributed by atoms with E-state index in [1.54, 1.807) is 18.2 Å². The van der Waals surface area contributed by atoms with Crippen molar-refractivity contribution in [2.24, 2.45) is 0 Å². The number of hydrogen-bond donors (Lipinski definition) is 2. The molecular formula is C14H10NO4. The van der Waals surface area contributed by atoms with Gasteiger partial charge in [0.05, 0.1) is 5.56 Å². The number of amides is 1. The number of fused-ring (bicyclic) bond motifs is 1. The molecule has 0 unspecified atom stereocenters. The van der Waals surface area contributed by atoms with Crippen molar-refractivity contribution in [3.8, 4) is 17.2 Å². The van der Waals surface area contributed by atoms with Gasteiger partial charge >= 0.3 is 0 Å². The first-order valence-electron chi connectivity index (χ1n) is 5.64. The number of carbonyl (C=O) groups excluding carboxylic acids is 1. The van der Waals surface area contributed by atoms with Gasteiger partial charge in [-0.15, -0.1) is 0 Å². The number of rotatable bonds is 2. The van der Waals surface area contributed by atoms with Crippen molar-refractivity contribution in [2.45, 2.75) is 0 Å². The number of phenolic OH excluding ortho intramolecular Hbond substituents is 1. The van der Waals surface area contributed by atoms with Crippen molar-refractivity contribution in [3.05, 3.63) is 48.0 Å². The maximum atomic E-state index is 12.0. The van der Waals surface area contributed by atoms with E-state index in [2.05, 4.69) is 11.4 Å². The molecule has 0 bridgehead atoms. The molecule has 0 aliphatic carbocycles. The molecular weight excluding hydrogens is 246 g/mol. The molecule has 0 saturated heterocycles. The van der Waals surface area contributed by atoms with Gasteiger partial charge in [0.15, 0.2) is 11.5 Å². The molecule has 5 heteroatoms. The average molecular weight is 256 g/mol. The maximum absolute atomic E-state index is 12.0. The van der Waals surface area contributed by atoms with E-state index >= 15 is 0 Å². The number of hydrogen-bond acceptors (Lipinski definition) is 4. The van der Waals surface area contributed by atoms with E-state index < -0.39 is 5.91 Å². The van der Waals surface area contributed by atoms with Crippen LogP contribution >= 0.6 is 0 Å². The summed E-state index contributed by atoms with van der Waals surface area (Å²) in [5.74, 6) is 0.737. The fourth-order valence-electron chi connectivity index (χ4n) is 1.78. The third-order valence-corrected chi connectivity index (χ3v) is 2.72. The lowest BCUT2D eigenvalue weighted by atomic mass is 10.2. The summed E-state index contributed by atoms with van der Waals surface area (Å²) in [5.41, 5.74) is 0.734. The van der Waals surface area contributed by atoms with Gasteiger partial charge in [0.1, 0.15) is 5.75 Å². The summed E-state index contributed by atoms with van der Waals surface area (Å²) >= 11 is 0. The molecule has 0 saturated carbocycles. The largest absolute Gasteiger partial charge is 0.507 e. The fourth-order valence-corrected chi connectivity index (χ4v) is 1.78. The number of nitrogens with one attached hydrogen (secondary N) is 1. The van der Waals surface area contributed by atoms with Crippen molar-refractivity contribution in [2.75, 3.05) is 12.1 Å². The Morgan fingerprint density at radius 1 is 1.26 bits per heavy atom. The molecule has 19 heavy (non-hydrogen) atoms. The number of ether oxygens (including phenoxy) is 2. The topological polar surface area (TPSA) is 67.8 Å². The predicted molar refractivity (Wildman–Crippen MR) is 67.5 cm³/mol. The Morgan fingerprint density at radius 2 is 2.11 bits per heavy atom. The van der Waals surface area contributed by atoms with Gasteiger partial charge in [-0.2, -0.15) is 0 Å². The standard InChI is InChI=1S/C14H10NO4/c16-11-4-2-1-3-10(11)14(17)15-9-5-6-12-13(7-9)19-8-18-12/h2-7,16H,8H2,(H,15,17). The molecule has 1 amide bonds. The zero-order chi connectivity index (χ0) is 13.2. The van der Waals surface area contributed by atoms with Gasteiger partial charge in [-0.05, 0) is 30.3 Å². The second kappa shape index (κ2) is 4.53. The lowest BCUT2D eigenvalue weighted by molar-refractivity contribution is 0.102. The van der Waals surface area contributed by atoms with Gasteiger partial charge in [0.25, 0.3) is 5.91 Å². The number of carbonyl (C=O) groups is 1. The Balaban J connectivity index is 1.82. The van der Waals surface area contributed by atoms with Gasteiger partial charge in [-0.3, -0.25) is 4.79 Å². The highest BCUT2D eigenvalue weighted by molar-refractivity contribution is 6.06. The molecule has 5 nitrogen and oxygen atoms in total. The molecule has 1 aliphatic heterocycles. The van der Waals surface area contributed by atoms with Crippen LogP contribution in [-0.4, -0.2) is 17.8 Å². The Labute approximate surface area is 109 Å². The first kappa shape index (κ1) is 11.4. The number of phenols is 1. The average Bonchev–Trinajstić information content (AvgIpc) is 2.86. The van der Waals surface area contributed by atoms with Crippen LogP contribution in [0.25, 0.3) is 0 Å². The normalized spacial score (nSPS) is 12.2. The SMILES string of the molecule is O=C(Nc1ccc2c(c1)OCO2)c1c[c]ccc1O. The van der Waals surface area contributed by atoms with Gasteiger partial charge in [0, 0.05) is 11.8 Å². The van der Waals surface area contributed by atoms with E-state index in [-0.39, 0.29) is 18.1 Å². The van der Waals surface area contributed by atoms with Crippen LogP contribution in [-0.2, 0) is 0 Å². The number of anilines is 1. The fraction of sp³-hybridized carbons (Fsp3) is 0.0714. The summed E-state index contributed by atoms with van der Waals surface area (Å²) in [4.78, 5) is 12.0. The number of aromatic hydroxyl groups is 1. The van der Waals surface area contributed by atoms with Crippen molar-refractivity contribution in [3.63, 3.8) is 0 Å². The van der Waals surface area contributed by atoms with Gasteiger partial charge in [-0.25, -0.2) is 0 Å². The van der Waals surface area contributed by atoms with Crippen LogP contribution < -0.4 is 14.8 Å². The molecule has 95 valence electrons. The quantitative estimate of drug-likeness (QED) is 0.864. The highest BCUT2D eigenvalue weighted by atomic mass is 16.7. The minimum absolute atomic E-state index is 0.0861. The van der Waals surface area contributed by atoms with Crippen LogP contribution in [0.2, 0.25) is 0 Å². The molecule has 2 aromatic carbocycles. The predicted octanol–water partition coefficient (Wildman–Crippen LogP) is 2.17. The first-order valence-corrected chi connectivity index (χ1v) is 5.64. The minimum atomic E-state index is -0.409. The molecule has 1 heterocycles. The van der Waals surface area contributed by atoms with E-state index in [1.165, 1.54) is 18.2 Å². The van der Waals surface area contributed by atoms with E-state index in [0.717, 1.165) is 0 Å². The van der Waals surface area contributed by atoms with Crippen LogP contribution in [0.3, 0.4) is 0 Å². The van der Waals surface area contributed by atoms with Crippen LogP contribution in [0.1, 0.15) is 10.4 Å². The second-order valence-electron chi connectivity index (χ2n) is 3.97. The number of benzene rings is 2. The molecule has 2 N–H and O–H groups in total. The van der Waals surface area contributed by atoms with Crippen molar-refractivity contribution >= 4 is 11.6 Å². The molecule has 1 aliphatic rings. The van der Waals surface area contributed by atoms with Crippen LogP contribution in [0.4, 0.5) is 5.69 Å². The first-order chi connectivity index (χ1) is 9.24. The molecule has 0 fully saturated rings. The molecule has 1 radical (unpaired) electrons. The summed E-state index contributed by atoms with van der Waals surface area (Å²) in [6, 6.07) is 12.2. The smallest absolute Gasteiger partial charge is 0.259 e. The van der Waals surface area contributed by atoms with E-state index in [4.69, 9.17) is 9.47 Å². The Hall–Kier alpha value is -2.69. The van der Waals surface area contributed by atoms with Gasteiger partial charge in [0.2, 0.25) is 6.79 Å². The van der Waals surface area contributed by atoms with Crippen molar-refractivity contribution in [1.29, 1.82) is 0 Å². The van der Waals surface area contributed by atoms with E-state index in [0.29, 0.717) is 17.2 Å². The summed E-state index contributed by atoms with van der Waals surface area (Å²) in [5, 5.41) is 12.3. The van der Waals surface area contributed by atoms with Crippen LogP contribution in [0.5, 0.6) is 17.2 Å². The monoisotopic (exact) mass is 256 g/mol. The highest BCUT2D eigenvalue weighted by Crippen LogP contribution is 2.34. The molecule has 2 aromatic rings. The van der Waals surface area contributed by atoms with Crippen LogP contribution in [0, 0.1) is 6.07 Å². The van der Waals surface area contributed by atoms with Crippen molar-refractivity contribution < 1.29 is 19.4 Å². The summed E-state index contributed by atoms with van der Waals surface area (Å²) in [7, 11) is 0. The van der Waals surface area contributed by atoms with E-state index in [1.807, 2.05) is 0 Å². The minimum Gasteiger partial charge on any atom is -0.507 e. The van der Waals surface area contributed by atoms with Gasteiger partial charge < -0.3 is 19.9 Å². The molecule has 3 rings (SSSR count). The summed E-state index contributed by atoms with van der Waals surface area (Å²) < 4.78 is 10.4. The Morgan fingerprint density at radius 3 is 2.95 bits per heavy atom. The third-order valence-electron chi connectivity index (χ3n) is 2.72. The Kier molecular flexibility index (Phi) is 2.72. The summed E-state index contributed by atoms with van der Waals surface area (Å²) in [6.07, 6.45) is 0. The van der Waals surface area contributed by atoms with E-state index in [9.17, 15) is 9.90 Å². The lowest BCUT2D eigenvalue weighted by Crippen LogP contribution is -2.11. The third kappa shape index (κ3) is 2.18. The Bertz CT molecular complexity index is 639. The van der Waals surface area contributed by atoms with Gasteiger partial charge in [-0.1, -0.05) is 6.07 Å². The zero-order valence-electron chi connectivity index (χ0n) is 9.84. The maximum Gasteiger partial charge on any atom is 0.259 e. The lowest BCUT2D eigenvalue weighted by Gasteiger charge is -2.07. The molecule has 0 atom stereocenters.